The molecular formula is C13H19NO4. The zero-order chi connectivity index (χ0) is 13.4. The summed E-state index contributed by atoms with van der Waals surface area (Å²) in [5.41, 5.74) is 0.712. The maximum Gasteiger partial charge on any atom is 0.305 e. The number of benzene rings is 1. The average molecular weight is 253 g/mol. The number of phenolic OH excluding ortho intramolecular Hbond substituents is 2. The molecule has 0 fully saturated rings. The number of phenols is 2. The molecule has 1 aromatic rings. The van der Waals surface area contributed by atoms with Gasteiger partial charge in [0, 0.05) is 24.6 Å². The van der Waals surface area contributed by atoms with Gasteiger partial charge in [-0.3, -0.25) is 4.79 Å². The second-order valence-electron chi connectivity index (χ2n) is 3.90. The van der Waals surface area contributed by atoms with Gasteiger partial charge in [0.25, 0.3) is 0 Å². The Morgan fingerprint density at radius 2 is 2.17 bits per heavy atom. The Morgan fingerprint density at radius 1 is 1.39 bits per heavy atom. The van der Waals surface area contributed by atoms with Crippen molar-refractivity contribution in [1.82, 2.24) is 5.32 Å². The van der Waals surface area contributed by atoms with Crippen LogP contribution in [0.2, 0.25) is 0 Å². The third-order valence-electron chi connectivity index (χ3n) is 2.42. The van der Waals surface area contributed by atoms with Gasteiger partial charge in [-0.1, -0.05) is 6.07 Å². The fourth-order valence-corrected chi connectivity index (χ4v) is 1.52. The van der Waals surface area contributed by atoms with Gasteiger partial charge in [0.1, 0.15) is 11.5 Å². The molecule has 0 aliphatic heterocycles. The van der Waals surface area contributed by atoms with E-state index in [0.717, 1.165) is 0 Å². The molecule has 0 saturated heterocycles. The van der Waals surface area contributed by atoms with E-state index in [9.17, 15) is 9.90 Å². The molecular weight excluding hydrogens is 234 g/mol. The number of hydrogen-bond donors (Lipinski definition) is 3. The van der Waals surface area contributed by atoms with Gasteiger partial charge < -0.3 is 20.3 Å². The van der Waals surface area contributed by atoms with Crippen molar-refractivity contribution in [3.05, 3.63) is 23.8 Å². The Kier molecular flexibility index (Phi) is 6.00. The number of carbonyl (C=O) groups excluding carboxylic acids is 1. The van der Waals surface area contributed by atoms with Crippen molar-refractivity contribution in [2.75, 3.05) is 13.2 Å². The second-order valence-corrected chi connectivity index (χ2v) is 3.90. The summed E-state index contributed by atoms with van der Waals surface area (Å²) in [7, 11) is 0. The van der Waals surface area contributed by atoms with E-state index in [4.69, 9.17) is 9.84 Å². The summed E-state index contributed by atoms with van der Waals surface area (Å²) in [6, 6.07) is 4.48. The number of esters is 1. The van der Waals surface area contributed by atoms with Crippen molar-refractivity contribution in [3.8, 4) is 11.5 Å². The van der Waals surface area contributed by atoms with Gasteiger partial charge in [-0.2, -0.15) is 0 Å². The van der Waals surface area contributed by atoms with Crippen molar-refractivity contribution in [1.29, 1.82) is 0 Å². The van der Waals surface area contributed by atoms with Gasteiger partial charge in [0.15, 0.2) is 0 Å². The van der Waals surface area contributed by atoms with Crippen LogP contribution < -0.4 is 5.32 Å². The number of carbonyl (C=O) groups is 1. The van der Waals surface area contributed by atoms with Crippen LogP contribution in [0.15, 0.2) is 18.2 Å². The van der Waals surface area contributed by atoms with Crippen LogP contribution in [-0.4, -0.2) is 29.3 Å². The van der Waals surface area contributed by atoms with Crippen molar-refractivity contribution in [2.45, 2.75) is 26.3 Å². The van der Waals surface area contributed by atoms with Gasteiger partial charge in [-0.15, -0.1) is 0 Å². The fourth-order valence-electron chi connectivity index (χ4n) is 1.52. The fraction of sp³-hybridized carbons (Fsp3) is 0.462. The summed E-state index contributed by atoms with van der Waals surface area (Å²) in [4.78, 5) is 11.1. The smallest absolute Gasteiger partial charge is 0.305 e. The minimum atomic E-state index is -0.188. The molecule has 0 radical (unpaired) electrons. The molecule has 0 aliphatic rings. The maximum atomic E-state index is 11.1. The molecule has 0 unspecified atom stereocenters. The Bertz CT molecular complexity index is 393. The average Bonchev–Trinajstić information content (AvgIpc) is 2.31. The SMILES string of the molecule is CCOC(=O)CCCNCc1ccc(O)cc1O. The van der Waals surface area contributed by atoms with Gasteiger partial charge in [-0.25, -0.2) is 0 Å². The van der Waals surface area contributed by atoms with Gasteiger partial charge in [-0.05, 0) is 26.0 Å². The molecule has 0 aliphatic carbocycles. The Morgan fingerprint density at radius 3 is 2.83 bits per heavy atom. The molecule has 18 heavy (non-hydrogen) atoms. The lowest BCUT2D eigenvalue weighted by Gasteiger charge is -2.07. The predicted molar refractivity (Wildman–Crippen MR) is 67.3 cm³/mol. The summed E-state index contributed by atoms with van der Waals surface area (Å²) < 4.78 is 4.80. The van der Waals surface area contributed by atoms with Crippen molar-refractivity contribution >= 4 is 5.97 Å². The van der Waals surface area contributed by atoms with Crippen LogP contribution in [0.25, 0.3) is 0 Å². The largest absolute Gasteiger partial charge is 0.508 e. The molecule has 0 spiro atoms. The minimum absolute atomic E-state index is 0.0403. The topological polar surface area (TPSA) is 78.8 Å². The first-order valence-corrected chi connectivity index (χ1v) is 6.00. The number of hydrogen-bond acceptors (Lipinski definition) is 5. The quantitative estimate of drug-likeness (QED) is 0.507. The van der Waals surface area contributed by atoms with Crippen LogP contribution in [0, 0.1) is 0 Å². The highest BCUT2D eigenvalue weighted by atomic mass is 16.5. The Labute approximate surface area is 106 Å². The van der Waals surface area contributed by atoms with Crippen LogP contribution in [0.4, 0.5) is 0 Å². The number of ether oxygens (including phenoxy) is 1. The molecule has 0 saturated carbocycles. The molecule has 1 rings (SSSR count). The van der Waals surface area contributed by atoms with Crippen LogP contribution in [0.3, 0.4) is 0 Å². The summed E-state index contributed by atoms with van der Waals surface area (Å²) in [5.74, 6) is -0.0850. The van der Waals surface area contributed by atoms with E-state index >= 15 is 0 Å². The van der Waals surface area contributed by atoms with E-state index < -0.39 is 0 Å². The highest BCUT2D eigenvalue weighted by Crippen LogP contribution is 2.22. The Hall–Kier alpha value is -1.75. The van der Waals surface area contributed by atoms with Gasteiger partial charge >= 0.3 is 5.97 Å². The van der Waals surface area contributed by atoms with E-state index in [1.54, 1.807) is 13.0 Å². The summed E-state index contributed by atoms with van der Waals surface area (Å²) in [6.07, 6.45) is 1.08. The number of rotatable bonds is 7. The Balaban J connectivity index is 2.20. The summed E-state index contributed by atoms with van der Waals surface area (Å²) >= 11 is 0. The molecule has 0 amide bonds. The number of aromatic hydroxyl groups is 2. The first-order chi connectivity index (χ1) is 8.63. The van der Waals surface area contributed by atoms with E-state index in [0.29, 0.717) is 38.1 Å². The summed E-state index contributed by atoms with van der Waals surface area (Å²) in [5, 5.41) is 21.8. The summed E-state index contributed by atoms with van der Waals surface area (Å²) in [6.45, 7) is 3.35. The standard InChI is InChI=1S/C13H19NO4/c1-2-18-13(17)4-3-7-14-9-10-5-6-11(15)8-12(10)16/h5-6,8,14-16H,2-4,7,9H2,1H3. The second kappa shape index (κ2) is 7.55. The van der Waals surface area contributed by atoms with E-state index in [1.165, 1.54) is 12.1 Å². The van der Waals surface area contributed by atoms with E-state index in [1.807, 2.05) is 0 Å². The molecule has 3 N–H and O–H groups in total. The highest BCUT2D eigenvalue weighted by Gasteiger charge is 2.03. The van der Waals surface area contributed by atoms with Gasteiger partial charge in [0.05, 0.1) is 6.61 Å². The van der Waals surface area contributed by atoms with Crippen LogP contribution in [0.5, 0.6) is 11.5 Å². The lowest BCUT2D eigenvalue weighted by molar-refractivity contribution is -0.143. The van der Waals surface area contributed by atoms with Crippen LogP contribution in [0.1, 0.15) is 25.3 Å². The molecule has 0 bridgehead atoms. The molecule has 100 valence electrons. The highest BCUT2D eigenvalue weighted by molar-refractivity contribution is 5.69. The lowest BCUT2D eigenvalue weighted by atomic mass is 10.2. The third kappa shape index (κ3) is 5.05. The van der Waals surface area contributed by atoms with Crippen LogP contribution in [-0.2, 0) is 16.1 Å². The monoisotopic (exact) mass is 253 g/mol. The normalized spacial score (nSPS) is 10.3. The first-order valence-electron chi connectivity index (χ1n) is 6.00. The molecule has 0 aromatic heterocycles. The van der Waals surface area contributed by atoms with Gasteiger partial charge in [0.2, 0.25) is 0 Å². The van der Waals surface area contributed by atoms with Crippen molar-refractivity contribution < 1.29 is 19.7 Å². The molecule has 5 heteroatoms. The molecule has 5 nitrogen and oxygen atoms in total. The minimum Gasteiger partial charge on any atom is -0.508 e. The number of nitrogens with one attached hydrogen (secondary N) is 1. The molecule has 0 heterocycles. The third-order valence-corrected chi connectivity index (χ3v) is 2.42. The maximum absolute atomic E-state index is 11.1. The zero-order valence-corrected chi connectivity index (χ0v) is 10.5. The van der Waals surface area contributed by atoms with Crippen LogP contribution >= 0.6 is 0 Å². The zero-order valence-electron chi connectivity index (χ0n) is 10.5. The molecule has 0 atom stereocenters. The lowest BCUT2D eigenvalue weighted by Crippen LogP contribution is -2.16. The van der Waals surface area contributed by atoms with E-state index in [2.05, 4.69) is 5.32 Å². The van der Waals surface area contributed by atoms with Crippen molar-refractivity contribution in [3.63, 3.8) is 0 Å². The van der Waals surface area contributed by atoms with E-state index in [-0.39, 0.29) is 17.5 Å². The first kappa shape index (κ1) is 14.3. The predicted octanol–water partition coefficient (Wildman–Crippen LogP) is 1.53. The van der Waals surface area contributed by atoms with Crippen molar-refractivity contribution in [2.24, 2.45) is 0 Å². The molecule has 1 aromatic carbocycles.